The number of aryl methyl sites for hydroxylation is 1. The molecule has 1 heterocycles. The highest BCUT2D eigenvalue weighted by molar-refractivity contribution is 5.87. The van der Waals surface area contributed by atoms with Crippen LogP contribution in [0, 0.1) is 6.92 Å². The minimum Gasteiger partial charge on any atom is -0.496 e. The van der Waals surface area contributed by atoms with Crippen molar-refractivity contribution in [3.63, 3.8) is 0 Å². The summed E-state index contributed by atoms with van der Waals surface area (Å²) in [5.41, 5.74) is 3.79. The monoisotopic (exact) mass is 311 g/mol. The van der Waals surface area contributed by atoms with Gasteiger partial charge in [-0.25, -0.2) is 0 Å². The quantitative estimate of drug-likeness (QED) is 0.573. The zero-order chi connectivity index (χ0) is 17.2. The fourth-order valence-electron chi connectivity index (χ4n) is 2.54. The summed E-state index contributed by atoms with van der Waals surface area (Å²) < 4.78 is 7.76. The van der Waals surface area contributed by atoms with Crippen LogP contribution in [0.4, 0.5) is 0 Å². The molecule has 0 aliphatic carbocycles. The van der Waals surface area contributed by atoms with Crippen molar-refractivity contribution in [2.75, 3.05) is 7.11 Å². The van der Waals surface area contributed by atoms with Crippen molar-refractivity contribution in [1.82, 2.24) is 4.57 Å². The van der Waals surface area contributed by atoms with Crippen molar-refractivity contribution >= 4 is 10.9 Å². The lowest BCUT2D eigenvalue weighted by Gasteiger charge is -2.09. The van der Waals surface area contributed by atoms with E-state index >= 15 is 0 Å². The average molecular weight is 311 g/mol. The molecule has 1 aromatic heterocycles. The first kappa shape index (κ1) is 18.8. The van der Waals surface area contributed by atoms with Crippen molar-refractivity contribution in [2.45, 2.75) is 41.2 Å². The number of aromatic nitrogens is 1. The molecule has 0 fully saturated rings. The summed E-state index contributed by atoms with van der Waals surface area (Å²) in [5, 5.41) is 1.18. The predicted molar refractivity (Wildman–Crippen MR) is 101 cm³/mol. The Kier molecular flexibility index (Phi) is 7.96. The minimum absolute atomic E-state index is 0.892. The molecule has 0 unspecified atom stereocenters. The number of ether oxygens (including phenoxy) is 1. The molecule has 0 saturated carbocycles. The van der Waals surface area contributed by atoms with Crippen LogP contribution in [0.25, 0.3) is 10.9 Å². The van der Waals surface area contributed by atoms with Crippen molar-refractivity contribution in [3.8, 4) is 5.75 Å². The number of hydrogen-bond donors (Lipinski definition) is 0. The number of nitrogens with zero attached hydrogens (tertiary/aromatic N) is 1. The van der Waals surface area contributed by atoms with Crippen molar-refractivity contribution < 1.29 is 4.74 Å². The van der Waals surface area contributed by atoms with Gasteiger partial charge in [-0.05, 0) is 30.7 Å². The Labute approximate surface area is 140 Å². The van der Waals surface area contributed by atoms with E-state index < -0.39 is 0 Å². The molecule has 0 bridgehead atoms. The first-order chi connectivity index (χ1) is 11.3. The van der Waals surface area contributed by atoms with Crippen LogP contribution in [-0.4, -0.2) is 11.7 Å². The fraction of sp³-hybridized carbons (Fsp3) is 0.333. The maximum Gasteiger partial charge on any atom is 0.128 e. The van der Waals surface area contributed by atoms with Gasteiger partial charge in [-0.2, -0.15) is 0 Å². The summed E-state index contributed by atoms with van der Waals surface area (Å²) in [6, 6.07) is 18.9. The van der Waals surface area contributed by atoms with Gasteiger partial charge in [-0.1, -0.05) is 64.1 Å². The maximum absolute atomic E-state index is 5.43. The van der Waals surface area contributed by atoms with Gasteiger partial charge in [0.1, 0.15) is 5.75 Å². The molecule has 0 spiro atoms. The minimum atomic E-state index is 0.892. The van der Waals surface area contributed by atoms with Crippen LogP contribution in [0.5, 0.6) is 5.75 Å². The van der Waals surface area contributed by atoms with Gasteiger partial charge in [0.15, 0.2) is 0 Å². The third-order valence-electron chi connectivity index (χ3n) is 3.52. The second kappa shape index (κ2) is 9.73. The van der Waals surface area contributed by atoms with Crippen molar-refractivity contribution in [2.24, 2.45) is 0 Å². The van der Waals surface area contributed by atoms with Crippen LogP contribution < -0.4 is 4.74 Å². The number of rotatable bonds is 3. The van der Waals surface area contributed by atoms with Crippen LogP contribution in [0.3, 0.4) is 0 Å². The Hall–Kier alpha value is -2.22. The molecule has 2 aromatic carbocycles. The molecule has 0 saturated heterocycles. The molecule has 0 aliphatic heterocycles. The second-order valence-corrected chi connectivity index (χ2v) is 4.75. The summed E-state index contributed by atoms with van der Waals surface area (Å²) in [6.07, 6.45) is 0. The van der Waals surface area contributed by atoms with Gasteiger partial charge < -0.3 is 9.30 Å². The molecule has 0 aliphatic rings. The molecule has 2 heteroatoms. The predicted octanol–water partition coefficient (Wildman–Crippen LogP) is 6.06. The molecular weight excluding hydrogens is 282 g/mol. The molecular formula is C21H29NO. The highest BCUT2D eigenvalue weighted by atomic mass is 16.5. The van der Waals surface area contributed by atoms with Crippen LogP contribution in [0.15, 0.2) is 54.6 Å². The largest absolute Gasteiger partial charge is 0.496 e. The van der Waals surface area contributed by atoms with Gasteiger partial charge in [0.2, 0.25) is 0 Å². The van der Waals surface area contributed by atoms with Crippen LogP contribution >= 0.6 is 0 Å². The molecule has 23 heavy (non-hydrogen) atoms. The van der Waals surface area contributed by atoms with Gasteiger partial charge in [0.25, 0.3) is 0 Å². The lowest BCUT2D eigenvalue weighted by Crippen LogP contribution is -2.01. The van der Waals surface area contributed by atoms with Crippen LogP contribution in [0.1, 0.15) is 39.0 Å². The zero-order valence-electron chi connectivity index (χ0n) is 15.3. The van der Waals surface area contributed by atoms with Crippen molar-refractivity contribution in [3.05, 3.63) is 65.9 Å². The zero-order valence-corrected chi connectivity index (χ0v) is 15.3. The molecule has 0 amide bonds. The van der Waals surface area contributed by atoms with Gasteiger partial charge in [0, 0.05) is 17.6 Å². The summed E-state index contributed by atoms with van der Waals surface area (Å²) >= 11 is 0. The van der Waals surface area contributed by atoms with E-state index in [0.717, 1.165) is 12.3 Å². The first-order valence-corrected chi connectivity index (χ1v) is 8.46. The van der Waals surface area contributed by atoms with Gasteiger partial charge in [-0.3, -0.25) is 0 Å². The van der Waals surface area contributed by atoms with E-state index in [1.165, 1.54) is 22.2 Å². The molecule has 124 valence electrons. The number of benzene rings is 2. The first-order valence-electron chi connectivity index (χ1n) is 8.46. The summed E-state index contributed by atoms with van der Waals surface area (Å²) in [5.74, 6) is 0.937. The lowest BCUT2D eigenvalue weighted by molar-refractivity contribution is 0.420. The normalized spacial score (nSPS) is 9.48. The van der Waals surface area contributed by atoms with E-state index in [2.05, 4.69) is 47.9 Å². The average Bonchev–Trinajstić information content (AvgIpc) is 2.95. The third kappa shape index (κ3) is 4.38. The molecule has 2 nitrogen and oxygen atoms in total. The summed E-state index contributed by atoms with van der Waals surface area (Å²) in [6.45, 7) is 11.0. The molecule has 0 radical (unpaired) electrons. The van der Waals surface area contributed by atoms with E-state index in [1.54, 1.807) is 7.11 Å². The number of hydrogen-bond acceptors (Lipinski definition) is 1. The van der Waals surface area contributed by atoms with Crippen LogP contribution in [0.2, 0.25) is 0 Å². The SMILES string of the molecule is CC.CC.COc1cccc2c1cc(C)n2Cc1ccccc1. The maximum atomic E-state index is 5.43. The molecule has 0 atom stereocenters. The Balaban J connectivity index is 0.000000615. The molecule has 3 rings (SSSR count). The Morgan fingerprint density at radius 1 is 0.870 bits per heavy atom. The van der Waals surface area contributed by atoms with E-state index in [0.29, 0.717) is 0 Å². The smallest absolute Gasteiger partial charge is 0.128 e. The molecule has 3 aromatic rings. The van der Waals surface area contributed by atoms with Crippen LogP contribution in [-0.2, 0) is 6.54 Å². The van der Waals surface area contributed by atoms with Gasteiger partial charge in [0.05, 0.1) is 12.6 Å². The Morgan fingerprint density at radius 2 is 1.52 bits per heavy atom. The van der Waals surface area contributed by atoms with E-state index in [4.69, 9.17) is 4.74 Å². The standard InChI is InChI=1S/C17H17NO.2C2H6/c1-13-11-15-16(9-6-10-17(15)19-2)18(13)12-14-7-4-3-5-8-14;2*1-2/h3-11H,12H2,1-2H3;2*1-2H3. The molecule has 0 N–H and O–H groups in total. The lowest BCUT2D eigenvalue weighted by atomic mass is 10.2. The Morgan fingerprint density at radius 3 is 2.13 bits per heavy atom. The number of fused-ring (bicyclic) bond motifs is 1. The highest BCUT2D eigenvalue weighted by Gasteiger charge is 2.09. The summed E-state index contributed by atoms with van der Waals surface area (Å²) in [4.78, 5) is 0. The van der Waals surface area contributed by atoms with E-state index in [1.807, 2.05) is 45.9 Å². The second-order valence-electron chi connectivity index (χ2n) is 4.75. The topological polar surface area (TPSA) is 14.2 Å². The van der Waals surface area contributed by atoms with Gasteiger partial charge >= 0.3 is 0 Å². The fourth-order valence-corrected chi connectivity index (χ4v) is 2.54. The highest BCUT2D eigenvalue weighted by Crippen LogP contribution is 2.29. The Bertz CT molecular complexity index is 698. The summed E-state index contributed by atoms with van der Waals surface area (Å²) in [7, 11) is 1.72. The van der Waals surface area contributed by atoms with E-state index in [9.17, 15) is 0 Å². The van der Waals surface area contributed by atoms with E-state index in [-0.39, 0.29) is 0 Å². The van der Waals surface area contributed by atoms with Gasteiger partial charge in [-0.15, -0.1) is 0 Å². The van der Waals surface area contributed by atoms with Crippen molar-refractivity contribution in [1.29, 1.82) is 0 Å². The number of methoxy groups -OCH3 is 1. The third-order valence-corrected chi connectivity index (χ3v) is 3.52.